The van der Waals surface area contributed by atoms with Crippen molar-refractivity contribution in [3.05, 3.63) is 34.0 Å². The number of hydrogen-bond donors (Lipinski definition) is 1. The number of pyridine rings is 1. The van der Waals surface area contributed by atoms with Gasteiger partial charge in [-0.25, -0.2) is 0 Å². The Morgan fingerprint density at radius 1 is 1.44 bits per heavy atom. The topological polar surface area (TPSA) is 72.8 Å². The normalized spacial score (nSPS) is 13.0. The van der Waals surface area contributed by atoms with E-state index in [1.165, 1.54) is 25.1 Å². The molecule has 8 heteroatoms. The van der Waals surface area contributed by atoms with E-state index in [4.69, 9.17) is 4.74 Å². The molecule has 1 atom stereocenters. The average molecular weight is 473 g/mol. The predicted octanol–water partition coefficient (Wildman–Crippen LogP) is 3.43. The van der Waals surface area contributed by atoms with E-state index in [1.54, 1.807) is 0 Å². The second-order valence-electron chi connectivity index (χ2n) is 5.82. The molecular weight excluding hydrogens is 453 g/mol. The third kappa shape index (κ3) is 5.74. The molecule has 0 saturated heterocycles. The van der Waals surface area contributed by atoms with E-state index in [0.29, 0.717) is 5.75 Å². The molecule has 1 unspecified atom stereocenters. The number of nitrogens with one attached hydrogen (secondary N) is 1. The molecule has 0 aliphatic carbocycles. The van der Waals surface area contributed by atoms with Gasteiger partial charge in [-0.2, -0.15) is 0 Å². The van der Waals surface area contributed by atoms with Crippen molar-refractivity contribution in [2.24, 2.45) is 5.16 Å². The number of ether oxygens (including phenoxy) is 1. The molecule has 0 aliphatic heterocycles. The van der Waals surface area contributed by atoms with Crippen LogP contribution in [0.4, 0.5) is 0 Å². The highest BCUT2D eigenvalue weighted by atomic mass is 127. The van der Waals surface area contributed by atoms with Crippen molar-refractivity contribution in [2.75, 3.05) is 13.4 Å². The molecular formula is C17H20IN3O3S. The second-order valence-corrected chi connectivity index (χ2v) is 7.97. The van der Waals surface area contributed by atoms with E-state index in [2.05, 4.69) is 42.9 Å². The fourth-order valence-corrected chi connectivity index (χ4v) is 3.04. The summed E-state index contributed by atoms with van der Waals surface area (Å²) in [6.07, 6.45) is 5.17. The van der Waals surface area contributed by atoms with Gasteiger partial charge in [0.05, 0.1) is 17.3 Å². The summed E-state index contributed by atoms with van der Waals surface area (Å²) in [4.78, 5) is 21.5. The van der Waals surface area contributed by atoms with Crippen LogP contribution < -0.4 is 10.1 Å². The summed E-state index contributed by atoms with van der Waals surface area (Å²) in [7, 11) is 1.46. The van der Waals surface area contributed by atoms with Gasteiger partial charge in [-0.1, -0.05) is 5.16 Å². The highest BCUT2D eigenvalue weighted by Crippen LogP contribution is 2.24. The molecule has 0 bridgehead atoms. The van der Waals surface area contributed by atoms with Crippen molar-refractivity contribution in [1.29, 1.82) is 0 Å². The molecule has 1 aromatic heterocycles. The zero-order valence-corrected chi connectivity index (χ0v) is 17.4. The van der Waals surface area contributed by atoms with Crippen LogP contribution in [0, 0.1) is 3.57 Å². The molecule has 1 N–H and O–H groups in total. The van der Waals surface area contributed by atoms with Gasteiger partial charge in [0.1, 0.15) is 12.9 Å². The smallest absolute Gasteiger partial charge is 0.272 e. The number of rotatable bonds is 7. The van der Waals surface area contributed by atoms with Crippen molar-refractivity contribution < 1.29 is 14.4 Å². The fourth-order valence-electron chi connectivity index (χ4n) is 2.08. The van der Waals surface area contributed by atoms with Gasteiger partial charge in [-0.3, -0.25) is 9.78 Å². The fraction of sp³-hybridized carbons (Fsp3) is 0.353. The molecule has 0 aliphatic rings. The summed E-state index contributed by atoms with van der Waals surface area (Å²) >= 11 is 3.53. The Bertz CT molecular complexity index is 783. The van der Waals surface area contributed by atoms with Crippen LogP contribution in [0.5, 0.6) is 5.75 Å². The first kappa shape index (κ1) is 19.8. The molecule has 0 radical (unpaired) electrons. The van der Waals surface area contributed by atoms with Gasteiger partial charge in [0.25, 0.3) is 5.91 Å². The first-order valence-corrected chi connectivity index (χ1v) is 9.86. The largest absolute Gasteiger partial charge is 0.470 e. The number of oxime groups is 1. The van der Waals surface area contributed by atoms with Crippen LogP contribution in [-0.2, 0) is 9.63 Å². The third-order valence-corrected chi connectivity index (χ3v) is 4.55. The predicted molar refractivity (Wildman–Crippen MR) is 110 cm³/mol. The number of fused-ring (bicyclic) bond motifs is 1. The lowest BCUT2D eigenvalue weighted by molar-refractivity contribution is -0.125. The van der Waals surface area contributed by atoms with Crippen molar-refractivity contribution in [1.82, 2.24) is 10.3 Å². The van der Waals surface area contributed by atoms with E-state index < -0.39 is 11.0 Å². The quantitative estimate of drug-likeness (QED) is 0.289. The number of carbonyl (C=O) groups excluding carboxylic acids is 1. The summed E-state index contributed by atoms with van der Waals surface area (Å²) in [5, 5.41) is 7.56. The van der Waals surface area contributed by atoms with E-state index in [1.807, 2.05) is 50.6 Å². The van der Waals surface area contributed by atoms with E-state index in [0.717, 1.165) is 14.5 Å². The number of nitrogens with zero attached hydrogens (tertiary/aromatic N) is 2. The maximum absolute atomic E-state index is 12.5. The minimum absolute atomic E-state index is 0.235. The highest BCUT2D eigenvalue weighted by Gasteiger charge is 2.26. The molecule has 2 rings (SSSR count). The zero-order valence-electron chi connectivity index (χ0n) is 14.4. The average Bonchev–Trinajstić information content (AvgIpc) is 2.57. The summed E-state index contributed by atoms with van der Waals surface area (Å²) < 4.78 is 6.91. The third-order valence-electron chi connectivity index (χ3n) is 3.22. The molecule has 134 valence electrons. The van der Waals surface area contributed by atoms with E-state index in [9.17, 15) is 4.79 Å². The van der Waals surface area contributed by atoms with E-state index in [-0.39, 0.29) is 5.91 Å². The standard InChI is InChI=1S/C17H20IN3O3S/c1-17(2,10-20-23-3)21-15(22)16(25-4)24-13-5-6-14-11(8-13)7-12(18)9-19-14/h5-10,16H,1-4H3,(H,21,22). The van der Waals surface area contributed by atoms with Crippen molar-refractivity contribution >= 4 is 57.4 Å². The van der Waals surface area contributed by atoms with Crippen molar-refractivity contribution in [2.45, 2.75) is 24.8 Å². The van der Waals surface area contributed by atoms with Crippen LogP contribution in [0.15, 0.2) is 35.6 Å². The van der Waals surface area contributed by atoms with Crippen LogP contribution >= 0.6 is 34.4 Å². The van der Waals surface area contributed by atoms with Crippen LogP contribution in [0.3, 0.4) is 0 Å². The monoisotopic (exact) mass is 473 g/mol. The summed E-state index contributed by atoms with van der Waals surface area (Å²) in [6, 6.07) is 7.61. The van der Waals surface area contributed by atoms with Crippen LogP contribution in [0.1, 0.15) is 13.8 Å². The van der Waals surface area contributed by atoms with Crippen molar-refractivity contribution in [3.8, 4) is 5.75 Å². The lowest BCUT2D eigenvalue weighted by Crippen LogP contribution is -2.49. The molecule has 6 nitrogen and oxygen atoms in total. The first-order valence-electron chi connectivity index (χ1n) is 7.49. The van der Waals surface area contributed by atoms with Gasteiger partial charge >= 0.3 is 0 Å². The zero-order chi connectivity index (χ0) is 18.4. The van der Waals surface area contributed by atoms with Gasteiger partial charge < -0.3 is 14.9 Å². The number of halogens is 1. The van der Waals surface area contributed by atoms with Crippen molar-refractivity contribution in [3.63, 3.8) is 0 Å². The number of carbonyl (C=O) groups is 1. The van der Waals surface area contributed by atoms with Gasteiger partial charge in [0, 0.05) is 15.2 Å². The minimum atomic E-state index is -0.677. The number of hydrogen-bond acceptors (Lipinski definition) is 6. The first-order chi connectivity index (χ1) is 11.8. The Morgan fingerprint density at radius 2 is 2.20 bits per heavy atom. The lowest BCUT2D eigenvalue weighted by Gasteiger charge is -2.24. The maximum atomic E-state index is 12.5. The van der Waals surface area contributed by atoms with E-state index >= 15 is 0 Å². The number of aromatic nitrogens is 1. The highest BCUT2D eigenvalue weighted by molar-refractivity contribution is 14.1. The molecule has 25 heavy (non-hydrogen) atoms. The Balaban J connectivity index is 2.13. The lowest BCUT2D eigenvalue weighted by atomic mass is 10.1. The van der Waals surface area contributed by atoms with Gasteiger partial charge in [0.15, 0.2) is 0 Å². The molecule has 1 aromatic carbocycles. The second kappa shape index (κ2) is 8.70. The number of benzene rings is 1. The summed E-state index contributed by atoms with van der Waals surface area (Å²) in [6.45, 7) is 3.66. The maximum Gasteiger partial charge on any atom is 0.272 e. The molecule has 1 amide bonds. The van der Waals surface area contributed by atoms with Crippen LogP contribution in [0.25, 0.3) is 10.9 Å². The molecule has 2 aromatic rings. The molecule has 1 heterocycles. The Hall–Kier alpha value is -1.55. The van der Waals surface area contributed by atoms with Crippen LogP contribution in [-0.4, -0.2) is 41.4 Å². The number of amides is 1. The minimum Gasteiger partial charge on any atom is -0.470 e. The Morgan fingerprint density at radius 3 is 2.88 bits per heavy atom. The summed E-state index contributed by atoms with van der Waals surface area (Å²) in [5.74, 6) is 0.384. The Kier molecular flexibility index (Phi) is 6.88. The summed E-state index contributed by atoms with van der Waals surface area (Å²) in [5.41, 5.74) is -0.438. The van der Waals surface area contributed by atoms with Gasteiger partial charge in [-0.15, -0.1) is 11.8 Å². The molecule has 0 spiro atoms. The molecule has 0 fully saturated rings. The van der Waals surface area contributed by atoms with Gasteiger partial charge in [-0.05, 0) is 67.0 Å². The number of thioether (sulfide) groups is 1. The SMILES string of the molecule is CON=CC(C)(C)NC(=O)C(Oc1ccc2ncc(I)cc2c1)SC. The Labute approximate surface area is 164 Å². The van der Waals surface area contributed by atoms with Crippen LogP contribution in [0.2, 0.25) is 0 Å². The van der Waals surface area contributed by atoms with Gasteiger partial charge in [0.2, 0.25) is 5.44 Å². The molecule has 0 saturated carbocycles.